The first-order chi connectivity index (χ1) is 1.41. The van der Waals surface area contributed by atoms with Gasteiger partial charge in [-0.25, -0.2) is 0 Å². The van der Waals surface area contributed by atoms with Gasteiger partial charge in [0.15, 0.2) is 0 Å². The molecule has 0 unspecified atom stereocenters. The van der Waals surface area contributed by atoms with Gasteiger partial charge < -0.3 is 0 Å². The third-order valence-corrected chi connectivity index (χ3v) is 0. The summed E-state index contributed by atoms with van der Waals surface area (Å²) in [5, 5.41) is 0. The maximum atomic E-state index is 4.25. The van der Waals surface area contributed by atoms with Gasteiger partial charge in [-0.1, -0.05) is 0 Å². The molecule has 0 aliphatic carbocycles. The van der Waals surface area contributed by atoms with Gasteiger partial charge in [-0.3, -0.25) is 0 Å². The molecule has 0 bridgehead atoms. The second-order valence-electron chi connectivity index (χ2n) is 0.204. The van der Waals surface area contributed by atoms with Crippen LogP contribution in [-0.2, 0) is 24.1 Å². The summed E-state index contributed by atoms with van der Waals surface area (Å²) < 4.78 is 4.25. The summed E-state index contributed by atoms with van der Waals surface area (Å²) in [5.41, 5.74) is 0. The number of hydrogen-bond acceptors (Lipinski definition) is 1. The van der Waals surface area contributed by atoms with Gasteiger partial charge in [-0.05, 0) is 0 Å². The molecule has 0 saturated carbocycles. The molecule has 6 heavy (non-hydrogen) atoms. The fraction of sp³-hybridized carbons (Fsp3) is 1.00. The van der Waals surface area contributed by atoms with Crippen molar-refractivity contribution in [3.8, 4) is 0 Å². The normalized spacial score (nSPS) is 2.67. The first-order valence-corrected chi connectivity index (χ1v) is 1.25. The fourth-order valence-corrected chi connectivity index (χ4v) is 0. The standard InChI is InChI=1S/CH3O.3BrH.Ti/c1-2;;;;/h1H3;3*1H;/q-1;;;;+1. The summed E-state index contributed by atoms with van der Waals surface area (Å²) in [6.45, 7) is 0. The fourth-order valence-electron chi connectivity index (χ4n) is 0. The van der Waals surface area contributed by atoms with Crippen LogP contribution in [0.15, 0.2) is 0 Å². The second kappa shape index (κ2) is 27.4. The second-order valence-corrected chi connectivity index (χ2v) is 0.842. The van der Waals surface area contributed by atoms with E-state index in [1.165, 1.54) is 0 Å². The minimum atomic E-state index is 0. The van der Waals surface area contributed by atoms with Crippen LogP contribution in [0.2, 0.25) is 0 Å². The van der Waals surface area contributed by atoms with Gasteiger partial charge in [0.05, 0.1) is 0 Å². The molecule has 0 aromatic heterocycles. The van der Waals surface area contributed by atoms with Crippen molar-refractivity contribution in [3.63, 3.8) is 0 Å². The molecule has 0 radical (unpaired) electrons. The van der Waals surface area contributed by atoms with E-state index >= 15 is 0 Å². The Balaban J connectivity index is -0.00000000667. The quantitative estimate of drug-likeness (QED) is 0.619. The van der Waals surface area contributed by atoms with E-state index in [0.29, 0.717) is 0 Å². The van der Waals surface area contributed by atoms with Crippen LogP contribution in [0.3, 0.4) is 0 Å². The zero-order valence-corrected chi connectivity index (χ0v) is 9.83. The van der Waals surface area contributed by atoms with E-state index in [-0.39, 0.29) is 50.9 Å². The molecule has 5 heteroatoms. The maximum absolute atomic E-state index is 4.25. The predicted octanol–water partition coefficient (Wildman–Crippen LogP) is 1.83. The first-order valence-electron chi connectivity index (χ1n) is 0.612. The van der Waals surface area contributed by atoms with Crippen LogP contribution in [0, 0.1) is 0 Å². The molecule has 1 nitrogen and oxygen atoms in total. The summed E-state index contributed by atoms with van der Waals surface area (Å²) in [4.78, 5) is 0. The molecule has 0 aromatic carbocycles. The molecule has 0 spiro atoms. The molecule has 41 valence electrons. The third kappa shape index (κ3) is 35.8. The molecule has 0 aromatic rings. The zero-order chi connectivity index (χ0) is 2.71. The van der Waals surface area contributed by atoms with E-state index < -0.39 is 0 Å². The zero-order valence-electron chi connectivity index (χ0n) is 3.13. The van der Waals surface area contributed by atoms with Crippen LogP contribution in [-0.4, -0.2) is 7.11 Å². The van der Waals surface area contributed by atoms with E-state index in [1.54, 1.807) is 27.9 Å². The van der Waals surface area contributed by atoms with Crippen molar-refractivity contribution in [1.82, 2.24) is 0 Å². The van der Waals surface area contributed by atoms with Crippen molar-refractivity contribution < 1.29 is 24.1 Å². The van der Waals surface area contributed by atoms with Crippen molar-refractivity contribution >= 4 is 50.9 Å². The van der Waals surface area contributed by atoms with Crippen molar-refractivity contribution in [2.24, 2.45) is 0 Å². The summed E-state index contributed by atoms with van der Waals surface area (Å²) in [6, 6.07) is 0. The van der Waals surface area contributed by atoms with E-state index in [0.717, 1.165) is 0 Å². The Hall–Kier alpha value is 2.11. The van der Waals surface area contributed by atoms with Crippen molar-refractivity contribution in [2.45, 2.75) is 0 Å². The molecular formula is CH6Br3OTi. The molecule has 0 rings (SSSR count). The van der Waals surface area contributed by atoms with E-state index in [4.69, 9.17) is 0 Å². The molecule has 0 atom stereocenters. The van der Waals surface area contributed by atoms with Crippen LogP contribution in [0.4, 0.5) is 0 Å². The van der Waals surface area contributed by atoms with Crippen molar-refractivity contribution in [2.75, 3.05) is 7.11 Å². The Labute approximate surface area is 81.4 Å². The summed E-state index contributed by atoms with van der Waals surface area (Å²) >= 11 is 1.62. The topological polar surface area (TPSA) is 9.23 Å². The van der Waals surface area contributed by atoms with Crippen molar-refractivity contribution in [1.29, 1.82) is 0 Å². The molecule has 0 heterocycles. The van der Waals surface area contributed by atoms with Gasteiger partial charge in [0, 0.05) is 0 Å². The number of hydrogen-bond donors (Lipinski definition) is 0. The Morgan fingerprint density at radius 1 is 1.17 bits per heavy atom. The van der Waals surface area contributed by atoms with Crippen LogP contribution in [0.1, 0.15) is 0 Å². The predicted molar refractivity (Wildman–Crippen MR) is 38.0 cm³/mol. The van der Waals surface area contributed by atoms with Gasteiger partial charge in [0.1, 0.15) is 0 Å². The molecule has 0 saturated heterocycles. The summed E-state index contributed by atoms with van der Waals surface area (Å²) in [5.74, 6) is 0. The van der Waals surface area contributed by atoms with Gasteiger partial charge in [-0.15, -0.1) is 50.9 Å². The molecule has 0 N–H and O–H groups in total. The van der Waals surface area contributed by atoms with Gasteiger partial charge in [0.25, 0.3) is 0 Å². The Bertz CT molecular complexity index is 10.8. The molecule has 0 aliphatic heterocycles. The van der Waals surface area contributed by atoms with E-state index in [9.17, 15) is 0 Å². The molecule has 0 amide bonds. The molecular weight excluding hydrogens is 316 g/mol. The Morgan fingerprint density at radius 3 is 1.17 bits per heavy atom. The van der Waals surface area contributed by atoms with Crippen LogP contribution < -0.4 is 0 Å². The van der Waals surface area contributed by atoms with Crippen molar-refractivity contribution in [3.05, 3.63) is 0 Å². The van der Waals surface area contributed by atoms with Gasteiger partial charge >= 0.3 is 31.3 Å². The summed E-state index contributed by atoms with van der Waals surface area (Å²) in [6.07, 6.45) is 0. The number of rotatable bonds is 0. The summed E-state index contributed by atoms with van der Waals surface area (Å²) in [7, 11) is 1.62. The van der Waals surface area contributed by atoms with Gasteiger partial charge in [0.2, 0.25) is 0 Å². The Kier molecular flexibility index (Phi) is 111. The molecule has 0 aliphatic rings. The monoisotopic (exact) mass is 319 g/mol. The average molecular weight is 322 g/mol. The van der Waals surface area contributed by atoms with E-state index in [2.05, 4.69) is 3.32 Å². The minimum absolute atomic E-state index is 0. The Morgan fingerprint density at radius 2 is 1.17 bits per heavy atom. The SMILES string of the molecule is Br.Br.Br.C[O][Ti]. The number of halogens is 3. The van der Waals surface area contributed by atoms with Crippen LogP contribution in [0.25, 0.3) is 0 Å². The van der Waals surface area contributed by atoms with Crippen LogP contribution in [0.5, 0.6) is 0 Å². The first kappa shape index (κ1) is 24.3. The average Bonchev–Trinajstić information content (AvgIpc) is 0.918. The third-order valence-electron chi connectivity index (χ3n) is 0. The van der Waals surface area contributed by atoms with E-state index in [1.807, 2.05) is 0 Å². The van der Waals surface area contributed by atoms with Crippen LogP contribution >= 0.6 is 50.9 Å². The molecule has 0 fully saturated rings. The van der Waals surface area contributed by atoms with Gasteiger partial charge in [-0.2, -0.15) is 0 Å².